The summed E-state index contributed by atoms with van der Waals surface area (Å²) >= 11 is 0. The van der Waals surface area contributed by atoms with E-state index in [1.807, 2.05) is 18.2 Å². The molecule has 2 N–H and O–H groups in total. The van der Waals surface area contributed by atoms with Crippen molar-refractivity contribution in [3.8, 4) is 0 Å². The van der Waals surface area contributed by atoms with Crippen molar-refractivity contribution >= 4 is 0 Å². The van der Waals surface area contributed by atoms with E-state index < -0.39 is 0 Å². The van der Waals surface area contributed by atoms with Crippen molar-refractivity contribution < 1.29 is 0 Å². The quantitative estimate of drug-likeness (QED) is 0.552. The average molecular weight is 203 g/mol. The largest absolute Gasteiger partial charge is 0.324 e. The van der Waals surface area contributed by atoms with Gasteiger partial charge in [-0.3, -0.25) is 0 Å². The second-order valence-corrected chi connectivity index (χ2v) is 4.22. The van der Waals surface area contributed by atoms with E-state index in [2.05, 4.69) is 25.6 Å². The molecular weight excluding hydrogens is 182 g/mol. The lowest BCUT2D eigenvalue weighted by molar-refractivity contribution is 0.586. The van der Waals surface area contributed by atoms with E-state index in [1.54, 1.807) is 0 Å². The molecule has 0 saturated carbocycles. The molecule has 0 spiro atoms. The fourth-order valence-electron chi connectivity index (χ4n) is 1.66. The maximum atomic E-state index is 6.09. The molecule has 0 radical (unpaired) electrons. The van der Waals surface area contributed by atoms with Crippen molar-refractivity contribution in [3.05, 3.63) is 48.0 Å². The van der Waals surface area contributed by atoms with Gasteiger partial charge in [0.2, 0.25) is 0 Å². The predicted octanol–water partition coefficient (Wildman–Crippen LogP) is 3.82. The summed E-state index contributed by atoms with van der Waals surface area (Å²) in [6.07, 6.45) is 4.58. The molecule has 1 aromatic rings. The van der Waals surface area contributed by atoms with Crippen LogP contribution in [0.5, 0.6) is 0 Å². The zero-order chi connectivity index (χ0) is 11.1. The Labute approximate surface area is 93.0 Å². The van der Waals surface area contributed by atoms with E-state index in [-0.39, 0.29) is 6.04 Å². The van der Waals surface area contributed by atoms with Crippen LogP contribution in [-0.2, 0) is 0 Å². The van der Waals surface area contributed by atoms with Gasteiger partial charge in [0, 0.05) is 6.04 Å². The molecule has 0 aliphatic rings. The summed E-state index contributed by atoms with van der Waals surface area (Å²) in [5.41, 5.74) is 8.60. The Bertz CT molecular complexity index is 289. The zero-order valence-corrected chi connectivity index (χ0v) is 9.58. The predicted molar refractivity (Wildman–Crippen MR) is 66.7 cm³/mol. The lowest BCUT2D eigenvalue weighted by Crippen LogP contribution is -2.09. The highest BCUT2D eigenvalue weighted by Crippen LogP contribution is 2.17. The van der Waals surface area contributed by atoms with E-state index in [1.165, 1.54) is 24.0 Å². The summed E-state index contributed by atoms with van der Waals surface area (Å²) in [6.45, 7) is 5.98. The van der Waals surface area contributed by atoms with E-state index in [0.29, 0.717) is 0 Å². The molecule has 0 heterocycles. The zero-order valence-electron chi connectivity index (χ0n) is 9.58. The molecule has 0 amide bonds. The molecule has 1 nitrogen and oxygen atoms in total. The third-order valence-corrected chi connectivity index (χ3v) is 2.60. The number of allylic oxidation sites excluding steroid dienone is 1. The number of benzene rings is 1. The molecule has 0 fully saturated rings. The van der Waals surface area contributed by atoms with Crippen LogP contribution in [0.15, 0.2) is 42.5 Å². The van der Waals surface area contributed by atoms with Crippen molar-refractivity contribution in [3.63, 3.8) is 0 Å². The van der Waals surface area contributed by atoms with Crippen LogP contribution in [0.3, 0.4) is 0 Å². The molecule has 1 unspecified atom stereocenters. The summed E-state index contributed by atoms with van der Waals surface area (Å²) in [6, 6.07) is 10.5. The van der Waals surface area contributed by atoms with Crippen LogP contribution in [0, 0.1) is 0 Å². The Morgan fingerprint density at radius 3 is 2.53 bits per heavy atom. The minimum absolute atomic E-state index is 0.191. The van der Waals surface area contributed by atoms with E-state index in [9.17, 15) is 0 Å². The van der Waals surface area contributed by atoms with Crippen molar-refractivity contribution in [2.75, 3.05) is 0 Å². The van der Waals surface area contributed by atoms with Crippen LogP contribution < -0.4 is 5.73 Å². The first-order valence-electron chi connectivity index (χ1n) is 5.65. The molecule has 1 atom stereocenters. The van der Waals surface area contributed by atoms with Gasteiger partial charge < -0.3 is 5.73 Å². The molecular formula is C14H21N. The van der Waals surface area contributed by atoms with Gasteiger partial charge in [-0.15, -0.1) is 6.58 Å². The van der Waals surface area contributed by atoms with E-state index in [4.69, 9.17) is 5.73 Å². The number of rotatable bonds is 6. The monoisotopic (exact) mass is 203 g/mol. The first-order valence-corrected chi connectivity index (χ1v) is 5.65. The van der Waals surface area contributed by atoms with Gasteiger partial charge in [-0.2, -0.15) is 0 Å². The standard InChI is InChI=1S/C14H21N/c1-12(2)8-6-7-11-14(15)13-9-4-3-5-10-13/h3-5,9-10,14H,1,6-8,11,15H2,2H3. The molecule has 1 aromatic carbocycles. The molecule has 0 aliphatic heterocycles. The lowest BCUT2D eigenvalue weighted by atomic mass is 10.0. The van der Waals surface area contributed by atoms with Crippen LogP contribution in [-0.4, -0.2) is 0 Å². The second-order valence-electron chi connectivity index (χ2n) is 4.22. The van der Waals surface area contributed by atoms with Gasteiger partial charge in [0.25, 0.3) is 0 Å². The Kier molecular flexibility index (Phi) is 5.13. The minimum atomic E-state index is 0.191. The molecule has 0 aliphatic carbocycles. The Balaban J connectivity index is 2.25. The molecule has 1 heteroatoms. The highest BCUT2D eigenvalue weighted by Gasteiger charge is 2.03. The maximum absolute atomic E-state index is 6.09. The maximum Gasteiger partial charge on any atom is 0.0294 e. The van der Waals surface area contributed by atoms with Crippen molar-refractivity contribution in [2.24, 2.45) is 5.73 Å². The first kappa shape index (κ1) is 12.0. The highest BCUT2D eigenvalue weighted by atomic mass is 14.6. The SMILES string of the molecule is C=C(C)CCCCC(N)c1ccccc1. The number of unbranched alkanes of at least 4 members (excludes halogenated alkanes) is 1. The molecule has 0 aromatic heterocycles. The smallest absolute Gasteiger partial charge is 0.0294 e. The molecule has 15 heavy (non-hydrogen) atoms. The van der Waals surface area contributed by atoms with E-state index >= 15 is 0 Å². The van der Waals surface area contributed by atoms with Gasteiger partial charge in [0.05, 0.1) is 0 Å². The summed E-state index contributed by atoms with van der Waals surface area (Å²) in [5, 5.41) is 0. The van der Waals surface area contributed by atoms with Gasteiger partial charge in [-0.25, -0.2) is 0 Å². The van der Waals surface area contributed by atoms with Gasteiger partial charge >= 0.3 is 0 Å². The molecule has 0 saturated heterocycles. The first-order chi connectivity index (χ1) is 7.20. The topological polar surface area (TPSA) is 26.0 Å². The Morgan fingerprint density at radius 2 is 1.93 bits per heavy atom. The van der Waals surface area contributed by atoms with Crippen LogP contribution in [0.1, 0.15) is 44.2 Å². The highest BCUT2D eigenvalue weighted by molar-refractivity contribution is 5.18. The molecule has 1 rings (SSSR count). The van der Waals surface area contributed by atoms with Crippen molar-refractivity contribution in [1.29, 1.82) is 0 Å². The number of nitrogens with two attached hydrogens (primary N) is 1. The average Bonchev–Trinajstić information content (AvgIpc) is 2.25. The second kappa shape index (κ2) is 6.41. The van der Waals surface area contributed by atoms with Crippen LogP contribution >= 0.6 is 0 Å². The lowest BCUT2D eigenvalue weighted by Gasteiger charge is -2.11. The van der Waals surface area contributed by atoms with Crippen molar-refractivity contribution in [1.82, 2.24) is 0 Å². The van der Waals surface area contributed by atoms with E-state index in [0.717, 1.165) is 12.8 Å². The fraction of sp³-hybridized carbons (Fsp3) is 0.429. The van der Waals surface area contributed by atoms with Gasteiger partial charge in [-0.05, 0) is 31.7 Å². The fourth-order valence-corrected chi connectivity index (χ4v) is 1.66. The van der Waals surface area contributed by atoms with Crippen molar-refractivity contribution in [2.45, 2.75) is 38.6 Å². The van der Waals surface area contributed by atoms with Crippen LogP contribution in [0.25, 0.3) is 0 Å². The molecule has 82 valence electrons. The summed E-state index contributed by atoms with van der Waals surface area (Å²) in [7, 11) is 0. The third-order valence-electron chi connectivity index (χ3n) is 2.60. The van der Waals surface area contributed by atoms with Gasteiger partial charge in [0.1, 0.15) is 0 Å². The summed E-state index contributed by atoms with van der Waals surface area (Å²) in [5.74, 6) is 0. The number of hydrogen-bond donors (Lipinski definition) is 1. The van der Waals surface area contributed by atoms with Crippen LogP contribution in [0.4, 0.5) is 0 Å². The van der Waals surface area contributed by atoms with Gasteiger partial charge in [0.15, 0.2) is 0 Å². The number of hydrogen-bond acceptors (Lipinski definition) is 1. The minimum Gasteiger partial charge on any atom is -0.324 e. The van der Waals surface area contributed by atoms with Gasteiger partial charge in [-0.1, -0.05) is 42.3 Å². The normalized spacial score (nSPS) is 12.4. The summed E-state index contributed by atoms with van der Waals surface area (Å²) in [4.78, 5) is 0. The van der Waals surface area contributed by atoms with Crippen LogP contribution in [0.2, 0.25) is 0 Å². The Morgan fingerprint density at radius 1 is 1.27 bits per heavy atom. The summed E-state index contributed by atoms with van der Waals surface area (Å²) < 4.78 is 0. The third kappa shape index (κ3) is 4.80. The molecule has 0 bridgehead atoms. The Hall–Kier alpha value is -1.08.